The second-order valence-corrected chi connectivity index (χ2v) is 16.6. The van der Waals surface area contributed by atoms with Gasteiger partial charge in [0, 0.05) is 0 Å². The summed E-state index contributed by atoms with van der Waals surface area (Å²) in [6.07, 6.45) is 0. The van der Waals surface area contributed by atoms with E-state index in [0.29, 0.717) is 0 Å². The van der Waals surface area contributed by atoms with E-state index in [0.717, 1.165) is 0 Å². The molecule has 0 aliphatic rings. The molecule has 0 aliphatic carbocycles. The van der Waals surface area contributed by atoms with E-state index in [4.69, 9.17) is 4.14 Å². The minimum atomic E-state index is -4.08. The van der Waals surface area contributed by atoms with Crippen molar-refractivity contribution in [3.63, 3.8) is 0 Å². The first-order chi connectivity index (χ1) is 12.7. The molecule has 4 rings (SSSR count). The Hall–Kier alpha value is -2.42. The molecule has 4 aromatic rings. The number of hydrogen-bond donors (Lipinski definition) is 1. The molecule has 0 unspecified atom stereocenters. The van der Waals surface area contributed by atoms with Crippen molar-refractivity contribution in [2.75, 3.05) is 0 Å². The Bertz CT molecular complexity index is 814. The summed E-state index contributed by atoms with van der Waals surface area (Å²) in [5, 5.41) is 0. The summed E-state index contributed by atoms with van der Waals surface area (Å²) in [5.41, 5.74) is 0. The van der Waals surface area contributed by atoms with E-state index in [9.17, 15) is 0 Å². The third-order valence-electron chi connectivity index (χ3n) is 4.28. The Kier molecular flexibility index (Phi) is 4.39. The molecule has 0 saturated carbocycles. The third-order valence-corrected chi connectivity index (χ3v) is 17.6. The maximum atomic E-state index is 7.79. The van der Waals surface area contributed by atoms with E-state index in [2.05, 4.69) is 121 Å². The standard InChI is InChI=1S/4C6H5.Au.H2N/c4*1-2-4-6-5-3-1;;/h4*1-5H;;1H2/q;;;;+1;-1. The van der Waals surface area contributed by atoms with Gasteiger partial charge in [0.25, 0.3) is 0 Å². The van der Waals surface area contributed by atoms with E-state index in [1.807, 2.05) is 0 Å². The van der Waals surface area contributed by atoms with Crippen molar-refractivity contribution in [2.24, 2.45) is 4.14 Å². The Morgan fingerprint density at radius 3 is 0.731 bits per heavy atom. The summed E-state index contributed by atoms with van der Waals surface area (Å²) in [5.74, 6) is 0. The second kappa shape index (κ2) is 6.71. The van der Waals surface area contributed by atoms with Crippen LogP contribution in [0.5, 0.6) is 0 Å². The number of hydrogen-bond acceptors (Lipinski definition) is 1. The summed E-state index contributed by atoms with van der Waals surface area (Å²) >= 11 is -4.08. The third kappa shape index (κ3) is 2.41. The molecule has 2 heteroatoms. The molecule has 0 radical (unpaired) electrons. The summed E-state index contributed by atoms with van der Waals surface area (Å²) in [6.45, 7) is 0. The molecule has 0 aromatic heterocycles. The van der Waals surface area contributed by atoms with Crippen molar-refractivity contribution < 1.29 is 16.1 Å². The Balaban J connectivity index is 2.23. The van der Waals surface area contributed by atoms with Crippen LogP contribution >= 0.6 is 0 Å². The van der Waals surface area contributed by atoms with E-state index in [-0.39, 0.29) is 0 Å². The van der Waals surface area contributed by atoms with Crippen molar-refractivity contribution in [2.45, 2.75) is 0 Å². The monoisotopic (exact) mass is 521 g/mol. The van der Waals surface area contributed by atoms with Crippen LogP contribution in [0.4, 0.5) is 0 Å². The van der Waals surface area contributed by atoms with E-state index in [1.54, 1.807) is 0 Å². The van der Waals surface area contributed by atoms with Gasteiger partial charge in [-0.2, -0.15) is 0 Å². The zero-order chi connectivity index (χ0) is 17.9. The predicted molar refractivity (Wildman–Crippen MR) is 108 cm³/mol. The van der Waals surface area contributed by atoms with Crippen LogP contribution in [-0.4, -0.2) is 0 Å². The van der Waals surface area contributed by atoms with Crippen molar-refractivity contribution in [1.29, 1.82) is 0 Å². The molecule has 0 bridgehead atoms. The van der Waals surface area contributed by atoms with Crippen molar-refractivity contribution >= 4 is 15.1 Å². The number of rotatable bonds is 4. The van der Waals surface area contributed by atoms with Crippen LogP contribution in [-0.2, 0) is 16.1 Å². The summed E-state index contributed by atoms with van der Waals surface area (Å²) in [4.78, 5) is 0. The van der Waals surface area contributed by atoms with Crippen molar-refractivity contribution in [3.05, 3.63) is 121 Å². The molecule has 1 nitrogen and oxygen atoms in total. The Labute approximate surface area is 156 Å². The fourth-order valence-electron chi connectivity index (χ4n) is 3.04. The number of nitrogens with two attached hydrogens (primary N) is 1. The minimum absolute atomic E-state index is 1.22. The molecule has 0 atom stereocenters. The van der Waals surface area contributed by atoms with Crippen LogP contribution in [0.25, 0.3) is 0 Å². The first-order valence-electron chi connectivity index (χ1n) is 8.42. The van der Waals surface area contributed by atoms with Gasteiger partial charge >= 0.3 is 157 Å². The van der Waals surface area contributed by atoms with Gasteiger partial charge < -0.3 is 0 Å². The quantitative estimate of drug-likeness (QED) is 0.411. The normalized spacial score (nSPS) is 12.9. The predicted octanol–water partition coefficient (Wildman–Crippen LogP) is 2.85. The van der Waals surface area contributed by atoms with Gasteiger partial charge in [-0.1, -0.05) is 0 Å². The maximum absolute atomic E-state index is 7.79. The molecule has 0 heterocycles. The Morgan fingerprint density at radius 1 is 0.346 bits per heavy atom. The van der Waals surface area contributed by atoms with Crippen LogP contribution in [0.1, 0.15) is 0 Å². The molecule has 2 N–H and O–H groups in total. The van der Waals surface area contributed by atoms with Gasteiger partial charge in [0.2, 0.25) is 0 Å². The fourth-order valence-corrected chi connectivity index (χ4v) is 15.0. The first kappa shape index (κ1) is 17.0. The van der Waals surface area contributed by atoms with Gasteiger partial charge in [0.05, 0.1) is 0 Å². The summed E-state index contributed by atoms with van der Waals surface area (Å²) in [7, 11) is 0. The number of benzene rings is 4. The molecule has 0 saturated heterocycles. The molecular formula is C24H22AuN. The molecule has 0 spiro atoms. The van der Waals surface area contributed by atoms with Crippen LogP contribution in [0, 0.1) is 0 Å². The van der Waals surface area contributed by atoms with E-state index in [1.165, 1.54) is 15.1 Å². The van der Waals surface area contributed by atoms with Crippen LogP contribution < -0.4 is 19.3 Å². The first-order valence-corrected chi connectivity index (χ1v) is 14.0. The van der Waals surface area contributed by atoms with Crippen molar-refractivity contribution in [3.8, 4) is 0 Å². The van der Waals surface area contributed by atoms with Gasteiger partial charge in [0.15, 0.2) is 0 Å². The average molecular weight is 521 g/mol. The summed E-state index contributed by atoms with van der Waals surface area (Å²) < 4.78 is 12.7. The van der Waals surface area contributed by atoms with E-state index >= 15 is 0 Å². The molecular weight excluding hydrogens is 499 g/mol. The molecule has 134 valence electrons. The molecule has 0 aliphatic heterocycles. The molecule has 26 heavy (non-hydrogen) atoms. The SMILES string of the molecule is [NH2][Au]([c]1ccccc1)([c]1ccccc1)([c]1ccccc1)[c]1ccccc1. The van der Waals surface area contributed by atoms with Crippen LogP contribution in [0.2, 0.25) is 0 Å². The zero-order valence-electron chi connectivity index (χ0n) is 14.4. The van der Waals surface area contributed by atoms with Gasteiger partial charge in [-0.3, -0.25) is 0 Å². The Morgan fingerprint density at radius 2 is 0.538 bits per heavy atom. The molecule has 0 fully saturated rings. The average Bonchev–Trinajstić information content (AvgIpc) is 2.76. The molecule has 0 amide bonds. The second-order valence-electron chi connectivity index (χ2n) is 5.81. The van der Waals surface area contributed by atoms with Crippen molar-refractivity contribution in [1.82, 2.24) is 0 Å². The van der Waals surface area contributed by atoms with Gasteiger partial charge in [-0.05, 0) is 0 Å². The van der Waals surface area contributed by atoms with E-state index < -0.39 is 16.1 Å². The topological polar surface area (TPSA) is 26.0 Å². The van der Waals surface area contributed by atoms with Crippen LogP contribution in [0.3, 0.4) is 0 Å². The zero-order valence-corrected chi connectivity index (χ0v) is 16.6. The van der Waals surface area contributed by atoms with Gasteiger partial charge in [-0.15, -0.1) is 0 Å². The molecule has 4 aromatic carbocycles. The summed E-state index contributed by atoms with van der Waals surface area (Å²) in [6, 6.07) is 42.5. The van der Waals surface area contributed by atoms with Gasteiger partial charge in [-0.25, -0.2) is 0 Å². The fraction of sp³-hybridized carbons (Fsp3) is 0. The van der Waals surface area contributed by atoms with Gasteiger partial charge in [0.1, 0.15) is 0 Å². The van der Waals surface area contributed by atoms with Crippen LogP contribution in [0.15, 0.2) is 121 Å².